The fourth-order valence-electron chi connectivity index (χ4n) is 2.78. The molecule has 2 atom stereocenters. The summed E-state index contributed by atoms with van der Waals surface area (Å²) < 4.78 is 13.4. The molecule has 5 nitrogen and oxygen atoms in total. The lowest BCUT2D eigenvalue weighted by Crippen LogP contribution is -2.22. The molecule has 0 unspecified atom stereocenters. The number of hydrogen-bond acceptors (Lipinski definition) is 4. The normalized spacial score (nSPS) is 13.6. The fraction of sp³-hybridized carbons (Fsp3) is 0.350. The molecular formula is C20H25N3O2. The Balaban J connectivity index is 1.56. The van der Waals surface area contributed by atoms with Gasteiger partial charge in [0.15, 0.2) is 0 Å². The molecule has 132 valence electrons. The van der Waals surface area contributed by atoms with Gasteiger partial charge in [-0.1, -0.05) is 12.1 Å². The van der Waals surface area contributed by atoms with E-state index in [2.05, 4.69) is 36.3 Å². The third-order valence-corrected chi connectivity index (χ3v) is 4.36. The minimum absolute atomic E-state index is 0.156. The Bertz CT molecular complexity index is 804. The summed E-state index contributed by atoms with van der Waals surface area (Å²) in [6.07, 6.45) is 3.69. The number of furan rings is 1. The first-order valence-electron chi connectivity index (χ1n) is 8.54. The maximum atomic E-state index is 5.80. The summed E-state index contributed by atoms with van der Waals surface area (Å²) in [6, 6.07) is 12.6. The van der Waals surface area contributed by atoms with Crippen LogP contribution in [0, 0.1) is 6.92 Å². The van der Waals surface area contributed by atoms with Crippen LogP contribution >= 0.6 is 0 Å². The Morgan fingerprint density at radius 2 is 1.88 bits per heavy atom. The van der Waals surface area contributed by atoms with Crippen LogP contribution < -0.4 is 10.1 Å². The van der Waals surface area contributed by atoms with Gasteiger partial charge in [0.2, 0.25) is 0 Å². The molecule has 3 aromatic rings. The molecular weight excluding hydrogens is 314 g/mol. The van der Waals surface area contributed by atoms with E-state index in [-0.39, 0.29) is 12.1 Å². The molecule has 1 N–H and O–H groups in total. The van der Waals surface area contributed by atoms with Crippen LogP contribution in [0.15, 0.2) is 53.2 Å². The molecule has 2 aromatic heterocycles. The molecule has 3 rings (SSSR count). The number of rotatable bonds is 7. The molecule has 0 aliphatic heterocycles. The average molecular weight is 339 g/mol. The summed E-state index contributed by atoms with van der Waals surface area (Å²) in [7, 11) is 1.96. The van der Waals surface area contributed by atoms with E-state index in [1.807, 2.05) is 49.0 Å². The summed E-state index contributed by atoms with van der Waals surface area (Å²) >= 11 is 0. The van der Waals surface area contributed by atoms with Gasteiger partial charge in [-0.3, -0.25) is 0 Å². The maximum absolute atomic E-state index is 5.80. The summed E-state index contributed by atoms with van der Waals surface area (Å²) in [5.41, 5.74) is 1.21. The SMILES string of the molecule is Cc1ccc([C@H](C)N[C@@H](C)c2ccc(OCc3nccn3C)cc2)o1. The molecule has 0 saturated heterocycles. The van der Waals surface area contributed by atoms with E-state index >= 15 is 0 Å². The summed E-state index contributed by atoms with van der Waals surface area (Å²) in [5.74, 6) is 3.64. The van der Waals surface area contributed by atoms with E-state index in [1.54, 1.807) is 6.20 Å². The Morgan fingerprint density at radius 1 is 1.12 bits per heavy atom. The highest BCUT2D eigenvalue weighted by molar-refractivity contribution is 5.29. The molecule has 0 bridgehead atoms. The van der Waals surface area contributed by atoms with Gasteiger partial charge in [-0.25, -0.2) is 4.98 Å². The van der Waals surface area contributed by atoms with Gasteiger partial charge in [0.05, 0.1) is 6.04 Å². The predicted molar refractivity (Wildman–Crippen MR) is 97.4 cm³/mol. The Morgan fingerprint density at radius 3 is 2.48 bits per heavy atom. The molecule has 0 aliphatic rings. The first-order valence-corrected chi connectivity index (χ1v) is 8.54. The van der Waals surface area contributed by atoms with Gasteiger partial charge >= 0.3 is 0 Å². The monoisotopic (exact) mass is 339 g/mol. The van der Waals surface area contributed by atoms with Crippen LogP contribution in [0.5, 0.6) is 5.75 Å². The lowest BCUT2D eigenvalue weighted by Gasteiger charge is -2.19. The number of nitrogens with one attached hydrogen (secondary N) is 1. The predicted octanol–water partition coefficient (Wildman–Crippen LogP) is 4.31. The van der Waals surface area contributed by atoms with Crippen molar-refractivity contribution in [3.05, 3.63) is 71.7 Å². The Labute approximate surface area is 148 Å². The molecule has 0 saturated carbocycles. The van der Waals surface area contributed by atoms with E-state index in [1.165, 1.54) is 5.56 Å². The van der Waals surface area contributed by atoms with Gasteiger partial charge in [0.25, 0.3) is 0 Å². The lowest BCUT2D eigenvalue weighted by molar-refractivity contribution is 0.291. The van der Waals surface area contributed by atoms with Gasteiger partial charge in [-0.15, -0.1) is 0 Å². The standard InChI is InChI=1S/C20H25N3O2/c1-14-5-10-19(25-14)16(3)22-15(2)17-6-8-18(9-7-17)24-13-20-21-11-12-23(20)4/h5-12,15-16,22H,13H2,1-4H3/t15-,16-/m0/s1. The molecule has 2 heterocycles. The topological polar surface area (TPSA) is 52.2 Å². The fourth-order valence-corrected chi connectivity index (χ4v) is 2.78. The second kappa shape index (κ2) is 7.57. The number of nitrogens with zero attached hydrogens (tertiary/aromatic N) is 2. The van der Waals surface area contributed by atoms with Crippen molar-refractivity contribution in [2.24, 2.45) is 7.05 Å². The highest BCUT2D eigenvalue weighted by atomic mass is 16.5. The largest absolute Gasteiger partial charge is 0.486 e. The first kappa shape index (κ1) is 17.3. The van der Waals surface area contributed by atoms with Crippen molar-refractivity contribution in [1.29, 1.82) is 0 Å². The second-order valence-corrected chi connectivity index (χ2v) is 6.37. The number of aryl methyl sites for hydroxylation is 2. The van der Waals surface area contributed by atoms with E-state index in [9.17, 15) is 0 Å². The molecule has 1 aromatic carbocycles. The zero-order valence-electron chi connectivity index (χ0n) is 15.2. The molecule has 0 amide bonds. The molecule has 0 fully saturated rings. The van der Waals surface area contributed by atoms with E-state index < -0.39 is 0 Å². The third kappa shape index (κ3) is 4.31. The van der Waals surface area contributed by atoms with Gasteiger partial charge in [0, 0.05) is 25.5 Å². The smallest absolute Gasteiger partial charge is 0.146 e. The van der Waals surface area contributed by atoms with Gasteiger partial charge in [-0.05, 0) is 50.6 Å². The van der Waals surface area contributed by atoms with Crippen LogP contribution in [0.4, 0.5) is 0 Å². The highest BCUT2D eigenvalue weighted by Crippen LogP contribution is 2.23. The molecule has 0 radical (unpaired) electrons. The summed E-state index contributed by atoms with van der Waals surface area (Å²) in [6.45, 7) is 6.68. The van der Waals surface area contributed by atoms with Crippen molar-refractivity contribution < 1.29 is 9.15 Å². The third-order valence-electron chi connectivity index (χ3n) is 4.36. The number of hydrogen-bond donors (Lipinski definition) is 1. The van der Waals surface area contributed by atoms with Crippen molar-refractivity contribution in [3.8, 4) is 5.75 Å². The van der Waals surface area contributed by atoms with Crippen molar-refractivity contribution in [2.45, 2.75) is 39.5 Å². The molecule has 0 aliphatic carbocycles. The van der Waals surface area contributed by atoms with Crippen molar-refractivity contribution in [3.63, 3.8) is 0 Å². The van der Waals surface area contributed by atoms with Crippen LogP contribution in [0.1, 0.15) is 48.8 Å². The van der Waals surface area contributed by atoms with E-state index in [4.69, 9.17) is 9.15 Å². The minimum Gasteiger partial charge on any atom is -0.486 e. The molecule has 5 heteroatoms. The van der Waals surface area contributed by atoms with Crippen molar-refractivity contribution in [1.82, 2.24) is 14.9 Å². The second-order valence-electron chi connectivity index (χ2n) is 6.37. The number of aromatic nitrogens is 2. The van der Waals surface area contributed by atoms with Crippen LogP contribution in [-0.2, 0) is 13.7 Å². The van der Waals surface area contributed by atoms with Crippen molar-refractivity contribution in [2.75, 3.05) is 0 Å². The average Bonchev–Trinajstić information content (AvgIpc) is 3.21. The number of ether oxygens (including phenoxy) is 1. The summed E-state index contributed by atoms with van der Waals surface area (Å²) in [5, 5.41) is 3.56. The zero-order valence-corrected chi connectivity index (χ0v) is 15.2. The summed E-state index contributed by atoms with van der Waals surface area (Å²) in [4.78, 5) is 4.26. The Hall–Kier alpha value is -2.53. The quantitative estimate of drug-likeness (QED) is 0.697. The first-order chi connectivity index (χ1) is 12.0. The number of imidazole rings is 1. The Kier molecular flexibility index (Phi) is 5.24. The maximum Gasteiger partial charge on any atom is 0.146 e. The minimum atomic E-state index is 0.156. The highest BCUT2D eigenvalue weighted by Gasteiger charge is 2.14. The van der Waals surface area contributed by atoms with Crippen LogP contribution in [0.2, 0.25) is 0 Å². The van der Waals surface area contributed by atoms with Gasteiger partial charge in [-0.2, -0.15) is 0 Å². The van der Waals surface area contributed by atoms with Crippen LogP contribution in [-0.4, -0.2) is 9.55 Å². The van der Waals surface area contributed by atoms with E-state index in [0.717, 1.165) is 23.1 Å². The van der Waals surface area contributed by atoms with Crippen LogP contribution in [0.3, 0.4) is 0 Å². The molecule has 25 heavy (non-hydrogen) atoms. The lowest BCUT2D eigenvalue weighted by atomic mass is 10.1. The number of benzene rings is 1. The van der Waals surface area contributed by atoms with Crippen molar-refractivity contribution >= 4 is 0 Å². The van der Waals surface area contributed by atoms with E-state index in [0.29, 0.717) is 6.61 Å². The van der Waals surface area contributed by atoms with Gasteiger partial charge < -0.3 is 19.0 Å². The molecule has 0 spiro atoms. The zero-order chi connectivity index (χ0) is 17.8. The van der Waals surface area contributed by atoms with Crippen LogP contribution in [0.25, 0.3) is 0 Å². The van der Waals surface area contributed by atoms with Gasteiger partial charge in [0.1, 0.15) is 29.7 Å².